The van der Waals surface area contributed by atoms with Crippen LogP contribution in [-0.4, -0.2) is 31.1 Å². The summed E-state index contributed by atoms with van der Waals surface area (Å²) < 4.78 is 0. The molecule has 2 rings (SSSR count). The van der Waals surface area contributed by atoms with Gasteiger partial charge < -0.3 is 10.2 Å². The first-order valence-corrected chi connectivity index (χ1v) is 8.29. The van der Waals surface area contributed by atoms with Crippen molar-refractivity contribution < 1.29 is 0 Å². The van der Waals surface area contributed by atoms with Gasteiger partial charge in [-0.3, -0.25) is 0 Å². The third kappa shape index (κ3) is 4.21. The third-order valence-electron chi connectivity index (χ3n) is 4.55. The van der Waals surface area contributed by atoms with Crippen molar-refractivity contribution in [3.8, 4) is 0 Å². The van der Waals surface area contributed by atoms with E-state index in [1.165, 1.54) is 37.8 Å². The topological polar surface area (TPSA) is 15.3 Å². The van der Waals surface area contributed by atoms with Crippen LogP contribution in [0, 0.1) is 0 Å². The van der Waals surface area contributed by atoms with Crippen LogP contribution in [0.15, 0.2) is 24.3 Å². The van der Waals surface area contributed by atoms with E-state index in [1.54, 1.807) is 0 Å². The van der Waals surface area contributed by atoms with Crippen molar-refractivity contribution in [3.63, 3.8) is 0 Å². The fraction of sp³-hybridized carbons (Fsp3) is 0.647. The van der Waals surface area contributed by atoms with Gasteiger partial charge in [-0.15, -0.1) is 0 Å². The van der Waals surface area contributed by atoms with Crippen LogP contribution in [-0.2, 0) is 0 Å². The highest BCUT2D eigenvalue weighted by atomic mass is 35.5. The van der Waals surface area contributed by atoms with Gasteiger partial charge in [0.2, 0.25) is 0 Å². The normalized spacial score (nSPS) is 17.8. The van der Waals surface area contributed by atoms with Gasteiger partial charge in [-0.05, 0) is 50.6 Å². The summed E-state index contributed by atoms with van der Waals surface area (Å²) in [5.74, 6) is 0. The van der Waals surface area contributed by atoms with Crippen molar-refractivity contribution in [1.29, 1.82) is 0 Å². The zero-order valence-corrected chi connectivity index (χ0v) is 13.5. The van der Waals surface area contributed by atoms with E-state index in [4.69, 9.17) is 11.6 Å². The Hall–Kier alpha value is -0.570. The van der Waals surface area contributed by atoms with E-state index in [0.717, 1.165) is 24.0 Å². The fourth-order valence-electron chi connectivity index (χ4n) is 3.36. The molecule has 1 atom stereocenters. The second-order valence-corrected chi connectivity index (χ2v) is 6.19. The lowest BCUT2D eigenvalue weighted by molar-refractivity contribution is 0.199. The molecule has 0 aliphatic heterocycles. The van der Waals surface area contributed by atoms with Gasteiger partial charge in [0.05, 0.1) is 0 Å². The molecule has 1 aliphatic rings. The minimum atomic E-state index is 0.393. The van der Waals surface area contributed by atoms with E-state index < -0.39 is 0 Å². The van der Waals surface area contributed by atoms with E-state index >= 15 is 0 Å². The SMILES string of the molecule is CCN(CCC(NC)c1cccc(Cl)c1)C1CCCC1. The highest BCUT2D eigenvalue weighted by Crippen LogP contribution is 2.25. The Bertz CT molecular complexity index is 402. The minimum Gasteiger partial charge on any atom is -0.313 e. The van der Waals surface area contributed by atoms with Crippen molar-refractivity contribution >= 4 is 11.6 Å². The van der Waals surface area contributed by atoms with E-state index in [1.807, 2.05) is 19.2 Å². The molecule has 3 heteroatoms. The van der Waals surface area contributed by atoms with Crippen molar-refractivity contribution in [2.45, 2.75) is 51.1 Å². The Balaban J connectivity index is 1.92. The summed E-state index contributed by atoms with van der Waals surface area (Å²) in [5, 5.41) is 4.26. The van der Waals surface area contributed by atoms with Gasteiger partial charge in [0, 0.05) is 23.7 Å². The van der Waals surface area contributed by atoms with Crippen LogP contribution >= 0.6 is 11.6 Å². The molecular weight excluding hydrogens is 268 g/mol. The first kappa shape index (κ1) is 15.8. The lowest BCUT2D eigenvalue weighted by Gasteiger charge is -2.29. The van der Waals surface area contributed by atoms with Gasteiger partial charge in [0.15, 0.2) is 0 Å². The molecule has 1 N–H and O–H groups in total. The van der Waals surface area contributed by atoms with E-state index in [0.29, 0.717) is 6.04 Å². The molecule has 0 amide bonds. The Morgan fingerprint density at radius 2 is 2.10 bits per heavy atom. The third-order valence-corrected chi connectivity index (χ3v) is 4.79. The molecule has 0 aromatic heterocycles. The van der Waals surface area contributed by atoms with Crippen LogP contribution < -0.4 is 5.32 Å². The molecule has 0 saturated heterocycles. The maximum atomic E-state index is 6.10. The number of rotatable bonds is 7. The smallest absolute Gasteiger partial charge is 0.0409 e. The molecule has 1 fully saturated rings. The molecule has 20 heavy (non-hydrogen) atoms. The number of hydrogen-bond donors (Lipinski definition) is 1. The van der Waals surface area contributed by atoms with Crippen LogP contribution in [0.25, 0.3) is 0 Å². The van der Waals surface area contributed by atoms with Crippen LogP contribution in [0.5, 0.6) is 0 Å². The summed E-state index contributed by atoms with van der Waals surface area (Å²) in [4.78, 5) is 2.65. The summed E-state index contributed by atoms with van der Waals surface area (Å²) in [7, 11) is 2.04. The molecule has 0 spiro atoms. The number of benzene rings is 1. The molecule has 1 saturated carbocycles. The first-order valence-electron chi connectivity index (χ1n) is 7.91. The van der Waals surface area contributed by atoms with Gasteiger partial charge >= 0.3 is 0 Å². The summed E-state index contributed by atoms with van der Waals surface area (Å²) in [6, 6.07) is 9.43. The Morgan fingerprint density at radius 3 is 2.70 bits per heavy atom. The second kappa shape index (κ2) is 8.02. The van der Waals surface area contributed by atoms with Crippen molar-refractivity contribution in [1.82, 2.24) is 10.2 Å². The standard InChI is InChI=1S/C17H27ClN2/c1-3-20(16-9-4-5-10-16)12-11-17(19-2)14-7-6-8-15(18)13-14/h6-8,13,16-17,19H,3-5,9-12H2,1-2H3. The van der Waals surface area contributed by atoms with Crippen molar-refractivity contribution in [2.24, 2.45) is 0 Å². The van der Waals surface area contributed by atoms with E-state index in [-0.39, 0.29) is 0 Å². The first-order chi connectivity index (χ1) is 9.74. The largest absolute Gasteiger partial charge is 0.313 e. The molecule has 0 bridgehead atoms. The monoisotopic (exact) mass is 294 g/mol. The van der Waals surface area contributed by atoms with Crippen LogP contribution in [0.3, 0.4) is 0 Å². The predicted molar refractivity (Wildman–Crippen MR) is 87.4 cm³/mol. The fourth-order valence-corrected chi connectivity index (χ4v) is 3.56. The zero-order valence-electron chi connectivity index (χ0n) is 12.7. The highest BCUT2D eigenvalue weighted by Gasteiger charge is 2.22. The maximum Gasteiger partial charge on any atom is 0.0409 e. The van der Waals surface area contributed by atoms with E-state index in [9.17, 15) is 0 Å². The Labute approximate surface area is 128 Å². The molecule has 1 unspecified atom stereocenters. The minimum absolute atomic E-state index is 0.393. The number of nitrogens with one attached hydrogen (secondary N) is 1. The zero-order chi connectivity index (χ0) is 14.4. The lowest BCUT2D eigenvalue weighted by atomic mass is 10.0. The Kier molecular flexibility index (Phi) is 6.34. The van der Waals surface area contributed by atoms with Crippen molar-refractivity contribution in [2.75, 3.05) is 20.1 Å². The van der Waals surface area contributed by atoms with Crippen molar-refractivity contribution in [3.05, 3.63) is 34.9 Å². The average Bonchev–Trinajstić information content (AvgIpc) is 2.98. The quantitative estimate of drug-likeness (QED) is 0.808. The molecule has 2 nitrogen and oxygen atoms in total. The molecule has 0 radical (unpaired) electrons. The number of halogens is 1. The van der Waals surface area contributed by atoms with Gasteiger partial charge in [-0.25, -0.2) is 0 Å². The average molecular weight is 295 g/mol. The molecule has 1 aromatic rings. The highest BCUT2D eigenvalue weighted by molar-refractivity contribution is 6.30. The number of hydrogen-bond acceptors (Lipinski definition) is 2. The molecular formula is C17H27ClN2. The van der Waals surface area contributed by atoms with Crippen LogP contribution in [0.4, 0.5) is 0 Å². The molecule has 112 valence electrons. The molecule has 0 heterocycles. The van der Waals surface area contributed by atoms with Crippen LogP contribution in [0.2, 0.25) is 5.02 Å². The maximum absolute atomic E-state index is 6.10. The summed E-state index contributed by atoms with van der Waals surface area (Å²) in [6.07, 6.45) is 6.72. The van der Waals surface area contributed by atoms with Gasteiger partial charge in [0.25, 0.3) is 0 Å². The summed E-state index contributed by atoms with van der Waals surface area (Å²) in [6.45, 7) is 4.61. The van der Waals surface area contributed by atoms with Gasteiger partial charge in [-0.2, -0.15) is 0 Å². The Morgan fingerprint density at radius 1 is 1.35 bits per heavy atom. The predicted octanol–water partition coefficient (Wildman–Crippen LogP) is 4.26. The molecule has 1 aromatic carbocycles. The second-order valence-electron chi connectivity index (χ2n) is 5.75. The van der Waals surface area contributed by atoms with Gasteiger partial charge in [-0.1, -0.05) is 43.5 Å². The van der Waals surface area contributed by atoms with Gasteiger partial charge in [0.1, 0.15) is 0 Å². The number of nitrogens with zero attached hydrogens (tertiary/aromatic N) is 1. The lowest BCUT2D eigenvalue weighted by Crippen LogP contribution is -2.35. The summed E-state index contributed by atoms with van der Waals surface area (Å²) in [5.41, 5.74) is 1.29. The van der Waals surface area contributed by atoms with Crippen LogP contribution in [0.1, 0.15) is 50.6 Å². The van der Waals surface area contributed by atoms with E-state index in [2.05, 4.69) is 29.3 Å². The summed E-state index contributed by atoms with van der Waals surface area (Å²) >= 11 is 6.10. The molecule has 1 aliphatic carbocycles.